The lowest BCUT2D eigenvalue weighted by Gasteiger charge is -2.17. The Morgan fingerprint density at radius 3 is 1.33 bits per heavy atom. The van der Waals surface area contributed by atoms with Crippen LogP contribution in [0.1, 0.15) is 65.8 Å². The van der Waals surface area contributed by atoms with Crippen LogP contribution < -0.4 is 11.5 Å². The van der Waals surface area contributed by atoms with Crippen molar-refractivity contribution >= 4 is 52.1 Å². The Kier molecular flexibility index (Phi) is 30.6. The van der Waals surface area contributed by atoms with Crippen LogP contribution in [0.4, 0.5) is 22.7 Å². The molecule has 476 valence electrons. The first-order valence-electron chi connectivity index (χ1n) is 29.6. The Balaban J connectivity index is 0.000000216. The molecule has 26 heteroatoms. The predicted octanol–water partition coefficient (Wildman–Crippen LogP) is 8.26. The zero-order valence-electron chi connectivity index (χ0n) is 53.6. The Morgan fingerprint density at radius 1 is 0.494 bits per heavy atom. The molecule has 4 heterocycles. The summed E-state index contributed by atoms with van der Waals surface area (Å²) in [7, 11) is 9.72. The average Bonchev–Trinajstić information content (AvgIpc) is 3.28. The van der Waals surface area contributed by atoms with Gasteiger partial charge in [0.2, 0.25) is 0 Å². The van der Waals surface area contributed by atoms with Crippen molar-refractivity contribution in [1.82, 2.24) is 79.6 Å². The number of carbonyl (C=O) groups is 1. The van der Waals surface area contributed by atoms with Gasteiger partial charge in [-0.3, -0.25) is 14.2 Å². The lowest BCUT2D eigenvalue weighted by atomic mass is 10.1. The van der Waals surface area contributed by atoms with E-state index < -0.39 is 5.97 Å². The maximum atomic E-state index is 10.7. The molecule has 0 saturated heterocycles. The second-order valence-corrected chi connectivity index (χ2v) is 20.7. The molecular formula is C63H90N22O4. The summed E-state index contributed by atoms with van der Waals surface area (Å²) in [5.41, 5.74) is 19.8. The fourth-order valence-corrected chi connectivity index (χ4v) is 8.17. The van der Waals surface area contributed by atoms with Crippen molar-refractivity contribution in [3.63, 3.8) is 0 Å². The van der Waals surface area contributed by atoms with Gasteiger partial charge in [-0.05, 0) is 89.1 Å². The number of aliphatic carboxylic acids is 1. The van der Waals surface area contributed by atoms with Gasteiger partial charge in [-0.1, -0.05) is 95.4 Å². The average molecular weight is 1220 g/mol. The molecule has 4 aromatic carbocycles. The number of rotatable bonds is 26. The third kappa shape index (κ3) is 25.9. The first kappa shape index (κ1) is 70.4. The summed E-state index contributed by atoms with van der Waals surface area (Å²) >= 11 is 0. The molecule has 8 rings (SSSR count). The zero-order chi connectivity index (χ0) is 64.3. The van der Waals surface area contributed by atoms with Gasteiger partial charge in [0.15, 0.2) is 0 Å². The molecule has 0 spiro atoms. The number of ether oxygens (including phenoxy) is 2. The summed E-state index contributed by atoms with van der Waals surface area (Å²) in [6.07, 6.45) is 9.55. The molecule has 89 heavy (non-hydrogen) atoms. The van der Waals surface area contributed by atoms with E-state index in [4.69, 9.17) is 26.0 Å². The third-order valence-corrected chi connectivity index (χ3v) is 13.2. The molecule has 0 atom stereocenters. The number of carboxylic acids is 1. The topological polar surface area (TPSA) is 293 Å². The van der Waals surface area contributed by atoms with E-state index in [0.29, 0.717) is 71.3 Å². The van der Waals surface area contributed by atoms with Gasteiger partial charge in [0, 0.05) is 72.6 Å². The van der Waals surface area contributed by atoms with E-state index in [0.717, 1.165) is 100 Å². The molecule has 4 aromatic heterocycles. The Morgan fingerprint density at radius 2 is 0.888 bits per heavy atom. The van der Waals surface area contributed by atoms with Crippen LogP contribution in [0.3, 0.4) is 0 Å². The van der Waals surface area contributed by atoms with Crippen LogP contribution in [-0.4, -0.2) is 195 Å². The third-order valence-electron chi connectivity index (χ3n) is 13.2. The minimum atomic E-state index is -0.950. The summed E-state index contributed by atoms with van der Waals surface area (Å²) in [6.45, 7) is 20.3. The number of para-hydroxylation sites is 2. The summed E-state index contributed by atoms with van der Waals surface area (Å²) in [5, 5.41) is 41.3. The lowest BCUT2D eigenvalue weighted by molar-refractivity contribution is -0.137. The number of aromatic nitrogens is 12. The zero-order valence-corrected chi connectivity index (χ0v) is 53.6. The molecule has 0 saturated carbocycles. The maximum absolute atomic E-state index is 10.7. The van der Waals surface area contributed by atoms with Crippen LogP contribution in [-0.2, 0) is 53.5 Å². The molecule has 0 amide bonds. The number of aliphatic imine (C=N–C) groups is 4. The second-order valence-electron chi connectivity index (χ2n) is 20.7. The molecule has 0 aliphatic heterocycles. The molecule has 0 radical (unpaired) electrons. The first-order chi connectivity index (χ1) is 43.0. The van der Waals surface area contributed by atoms with Crippen LogP contribution >= 0.6 is 0 Å². The molecule has 8 aromatic rings. The fraction of sp³-hybridized carbons (Fsp3) is 0.413. The summed E-state index contributed by atoms with van der Waals surface area (Å²) in [5.74, 6) is 2.86. The lowest BCUT2D eigenvalue weighted by Crippen LogP contribution is -2.24. The van der Waals surface area contributed by atoms with Crippen LogP contribution in [0, 0.1) is 0 Å². The van der Waals surface area contributed by atoms with Gasteiger partial charge in [-0.25, -0.2) is 29.3 Å². The summed E-state index contributed by atoms with van der Waals surface area (Å²) < 4.78 is 17.0. The van der Waals surface area contributed by atoms with E-state index in [1.165, 1.54) is 4.68 Å². The van der Waals surface area contributed by atoms with Gasteiger partial charge in [-0.2, -0.15) is 0 Å². The highest BCUT2D eigenvalue weighted by Gasteiger charge is 2.11. The summed E-state index contributed by atoms with van der Waals surface area (Å²) in [4.78, 5) is 37.5. The number of nitrogens with zero attached hydrogens (tertiary/aromatic N) is 20. The van der Waals surface area contributed by atoms with Crippen molar-refractivity contribution in [1.29, 1.82) is 0 Å². The minimum Gasteiger partial charge on any atom is -0.480 e. The van der Waals surface area contributed by atoms with Crippen molar-refractivity contribution in [2.45, 2.75) is 93.7 Å². The van der Waals surface area contributed by atoms with Gasteiger partial charge in [0.05, 0.1) is 100 Å². The fourth-order valence-electron chi connectivity index (χ4n) is 8.17. The Hall–Kier alpha value is -9.37. The summed E-state index contributed by atoms with van der Waals surface area (Å²) in [6, 6.07) is 35.5. The van der Waals surface area contributed by atoms with Crippen molar-refractivity contribution in [2.24, 2.45) is 31.4 Å². The van der Waals surface area contributed by atoms with Gasteiger partial charge in [0.1, 0.15) is 52.7 Å². The molecule has 5 N–H and O–H groups in total. The van der Waals surface area contributed by atoms with E-state index in [1.807, 2.05) is 182 Å². The maximum Gasteiger partial charge on any atom is 0.325 e. The number of carboxylic acid groups (broad SMARTS) is 1. The van der Waals surface area contributed by atoms with Crippen LogP contribution in [0.2, 0.25) is 0 Å². The molecule has 26 nitrogen and oxygen atoms in total. The highest BCUT2D eigenvalue weighted by atomic mass is 16.5. The largest absolute Gasteiger partial charge is 0.480 e. The quantitative estimate of drug-likeness (QED) is 0.0261. The van der Waals surface area contributed by atoms with E-state index in [2.05, 4.69) is 96.8 Å². The monoisotopic (exact) mass is 1220 g/mol. The highest BCUT2D eigenvalue weighted by Crippen LogP contribution is 2.24. The van der Waals surface area contributed by atoms with Gasteiger partial charge < -0.3 is 45.6 Å². The van der Waals surface area contributed by atoms with Crippen LogP contribution in [0.15, 0.2) is 154 Å². The van der Waals surface area contributed by atoms with E-state index in [-0.39, 0.29) is 6.54 Å². The normalized spacial score (nSPS) is 11.7. The Bertz CT molecular complexity index is 3430. The predicted molar refractivity (Wildman–Crippen MR) is 352 cm³/mol. The van der Waals surface area contributed by atoms with Crippen molar-refractivity contribution in [3.05, 3.63) is 145 Å². The highest BCUT2D eigenvalue weighted by molar-refractivity contribution is 5.84. The van der Waals surface area contributed by atoms with E-state index in [9.17, 15) is 4.79 Å². The van der Waals surface area contributed by atoms with Crippen molar-refractivity contribution in [2.75, 3.05) is 81.3 Å². The van der Waals surface area contributed by atoms with E-state index in [1.54, 1.807) is 27.4 Å². The van der Waals surface area contributed by atoms with Crippen molar-refractivity contribution < 1.29 is 19.4 Å². The molecule has 0 unspecified atom stereocenters. The van der Waals surface area contributed by atoms with E-state index >= 15 is 0 Å². The van der Waals surface area contributed by atoms with Crippen molar-refractivity contribution in [3.8, 4) is 22.5 Å². The van der Waals surface area contributed by atoms with Gasteiger partial charge in [-0.15, -0.1) is 20.4 Å². The second kappa shape index (κ2) is 38.7. The standard InChI is InChI=1S/C17H25N5O2.C16H24N6.C16H21N5O2.C14H20N6/c1-15(18-16-7-5-4-6-8-16)21(2)13-17-14-22(20-19-17)9-10-24-12-11-23-3;1-4-9-21(3)13(2)18-15-7-5-6-14(11-15)16-12-22(10-8-17)20-19-16;1-4-8-20(3)12(2)17-14-7-5-6-13(9-14)15-10-21(19-18-15)11-16(22)23;1-12(16-13-6-4-3-5-7-13)19(2)10-14-11-20(9-8-15)18-17-14/h4-8,14H,9-13H2,1-3H3;5-7,11-12H,4,8-10,17H2,1-3H3;5-7,9-10H,4,8,11H2,1-3H3,(H,22,23);3-7,11H,8-10,15H2,1-2H3. The minimum absolute atomic E-state index is 0.203. The van der Waals surface area contributed by atoms with Crippen LogP contribution in [0.25, 0.3) is 22.5 Å². The molecule has 0 aliphatic carbocycles. The number of hydrogen-bond donors (Lipinski definition) is 3. The molecular weight excluding hydrogens is 1130 g/mol. The SMILES string of the molecule is CC(=Nc1ccccc1)N(C)Cc1cn(CCN)nn1.CCCN(C)C(C)=Nc1cccc(-c2cn(CC(=O)O)nn2)c1.CCCN(C)C(C)=Nc1cccc(-c2cn(CCN)nn2)c1.COCCOCCn1cc(CN(C)C(C)=Nc2ccccc2)nn1. The number of hydrogen-bond acceptors (Lipinski definition) is 17. The molecule has 0 bridgehead atoms. The molecule has 0 aliphatic rings. The van der Waals surface area contributed by atoms with Gasteiger partial charge in [0.25, 0.3) is 0 Å². The number of benzene rings is 4. The smallest absolute Gasteiger partial charge is 0.325 e. The number of methoxy groups -OCH3 is 1. The molecule has 0 fully saturated rings. The van der Waals surface area contributed by atoms with Gasteiger partial charge >= 0.3 is 5.97 Å². The number of amidine groups is 4. The number of nitrogens with two attached hydrogens (primary N) is 2. The Labute approximate surface area is 523 Å². The first-order valence-corrected chi connectivity index (χ1v) is 29.6. The van der Waals surface area contributed by atoms with Crippen LogP contribution in [0.5, 0.6) is 0 Å².